The van der Waals surface area contributed by atoms with Gasteiger partial charge < -0.3 is 23.7 Å². The number of hydrazone groups is 1. The third-order valence-corrected chi connectivity index (χ3v) is 5.26. The zero-order valence-electron chi connectivity index (χ0n) is 20.8. The van der Waals surface area contributed by atoms with E-state index >= 15 is 0 Å². The second-order valence-electron chi connectivity index (χ2n) is 7.67. The predicted octanol–water partition coefficient (Wildman–Crippen LogP) is 4.08. The minimum Gasteiger partial charge on any atom is -0.493 e. The van der Waals surface area contributed by atoms with Crippen molar-refractivity contribution in [2.45, 2.75) is 13.8 Å². The fourth-order valence-corrected chi connectivity index (χ4v) is 3.20. The quantitative estimate of drug-likeness (QED) is 0.197. The van der Waals surface area contributed by atoms with Crippen molar-refractivity contribution >= 4 is 18.1 Å². The van der Waals surface area contributed by atoms with Crippen LogP contribution in [0.4, 0.5) is 0 Å². The van der Waals surface area contributed by atoms with Crippen LogP contribution >= 0.6 is 0 Å². The summed E-state index contributed by atoms with van der Waals surface area (Å²) >= 11 is 0. The number of rotatable bonds is 10. The topological polar surface area (TPSA) is 105 Å². The summed E-state index contributed by atoms with van der Waals surface area (Å²) in [5.41, 5.74) is 5.30. The highest BCUT2D eigenvalue weighted by atomic mass is 16.5. The number of nitrogens with one attached hydrogen (secondary N) is 1. The smallest absolute Gasteiger partial charge is 0.343 e. The van der Waals surface area contributed by atoms with E-state index in [1.165, 1.54) is 39.7 Å². The Morgan fingerprint density at radius 2 is 1.56 bits per heavy atom. The van der Waals surface area contributed by atoms with E-state index in [-0.39, 0.29) is 17.9 Å². The van der Waals surface area contributed by atoms with E-state index in [2.05, 4.69) is 10.5 Å². The summed E-state index contributed by atoms with van der Waals surface area (Å²) in [7, 11) is 4.39. The molecule has 0 spiro atoms. The maximum absolute atomic E-state index is 12.8. The number of aryl methyl sites for hydroxylation is 2. The summed E-state index contributed by atoms with van der Waals surface area (Å²) < 4.78 is 26.9. The second kappa shape index (κ2) is 12.3. The maximum Gasteiger partial charge on any atom is 0.343 e. The van der Waals surface area contributed by atoms with Gasteiger partial charge in [0.25, 0.3) is 5.91 Å². The fourth-order valence-electron chi connectivity index (χ4n) is 3.20. The monoisotopic (exact) mass is 492 g/mol. The van der Waals surface area contributed by atoms with Gasteiger partial charge in [-0.3, -0.25) is 4.79 Å². The molecule has 0 radical (unpaired) electrons. The molecular weight excluding hydrogens is 464 g/mol. The molecule has 188 valence electrons. The molecule has 1 amide bonds. The molecule has 0 aliphatic rings. The van der Waals surface area contributed by atoms with Crippen LogP contribution in [0.5, 0.6) is 28.7 Å². The van der Waals surface area contributed by atoms with Crippen LogP contribution in [0.15, 0.2) is 59.7 Å². The standard InChI is InChI=1S/C27H28N2O7/c1-17-10-11-21(12-18(17)2)35-16-25(30)29-28-15-19-8-6-7-9-22(19)36-27(31)20-13-23(32-3)26(34-5)24(14-20)33-4/h6-15H,16H2,1-5H3,(H,29,30)/b28-15+. The zero-order valence-corrected chi connectivity index (χ0v) is 20.8. The summed E-state index contributed by atoms with van der Waals surface area (Å²) in [6, 6.07) is 15.4. The van der Waals surface area contributed by atoms with Crippen molar-refractivity contribution in [3.05, 3.63) is 76.9 Å². The van der Waals surface area contributed by atoms with Crippen LogP contribution in [0.2, 0.25) is 0 Å². The van der Waals surface area contributed by atoms with Crippen molar-refractivity contribution in [2.24, 2.45) is 5.10 Å². The molecule has 3 aromatic carbocycles. The highest BCUT2D eigenvalue weighted by molar-refractivity contribution is 5.94. The number of carbonyl (C=O) groups is 2. The number of benzene rings is 3. The lowest BCUT2D eigenvalue weighted by molar-refractivity contribution is -0.123. The van der Waals surface area contributed by atoms with E-state index in [0.29, 0.717) is 28.6 Å². The second-order valence-corrected chi connectivity index (χ2v) is 7.67. The Hall–Kier alpha value is -4.53. The average molecular weight is 493 g/mol. The van der Waals surface area contributed by atoms with E-state index < -0.39 is 11.9 Å². The summed E-state index contributed by atoms with van der Waals surface area (Å²) in [5.74, 6) is 0.786. The fraction of sp³-hybridized carbons (Fsp3) is 0.222. The first-order valence-corrected chi connectivity index (χ1v) is 11.0. The van der Waals surface area contributed by atoms with Gasteiger partial charge in [0.15, 0.2) is 18.1 Å². The average Bonchev–Trinajstić information content (AvgIpc) is 2.89. The van der Waals surface area contributed by atoms with Crippen molar-refractivity contribution in [1.82, 2.24) is 5.43 Å². The molecule has 0 aromatic heterocycles. The van der Waals surface area contributed by atoms with Crippen molar-refractivity contribution in [3.63, 3.8) is 0 Å². The number of nitrogens with zero attached hydrogens (tertiary/aromatic N) is 1. The van der Waals surface area contributed by atoms with Gasteiger partial charge in [-0.25, -0.2) is 10.2 Å². The van der Waals surface area contributed by atoms with E-state index in [1.54, 1.807) is 30.3 Å². The van der Waals surface area contributed by atoms with Crippen LogP contribution < -0.4 is 29.1 Å². The Kier molecular flexibility index (Phi) is 8.88. The van der Waals surface area contributed by atoms with Gasteiger partial charge in [0.05, 0.1) is 33.1 Å². The highest BCUT2D eigenvalue weighted by Crippen LogP contribution is 2.38. The molecule has 0 bridgehead atoms. The summed E-state index contributed by atoms with van der Waals surface area (Å²) in [4.78, 5) is 25.0. The number of amides is 1. The Labute approximate surface area is 209 Å². The summed E-state index contributed by atoms with van der Waals surface area (Å²) in [6.07, 6.45) is 1.38. The van der Waals surface area contributed by atoms with E-state index in [0.717, 1.165) is 11.1 Å². The Bertz CT molecular complexity index is 1250. The molecule has 9 heteroatoms. The molecule has 0 aliphatic heterocycles. The number of methoxy groups -OCH3 is 3. The van der Waals surface area contributed by atoms with Gasteiger partial charge in [0, 0.05) is 5.56 Å². The molecular formula is C27H28N2O7. The van der Waals surface area contributed by atoms with Gasteiger partial charge in [0.2, 0.25) is 5.75 Å². The zero-order chi connectivity index (χ0) is 26.1. The lowest BCUT2D eigenvalue weighted by atomic mass is 10.1. The van der Waals surface area contributed by atoms with Gasteiger partial charge in [0.1, 0.15) is 11.5 Å². The summed E-state index contributed by atoms with van der Waals surface area (Å²) in [6.45, 7) is 3.77. The molecule has 0 aliphatic carbocycles. The predicted molar refractivity (Wildman–Crippen MR) is 135 cm³/mol. The third-order valence-electron chi connectivity index (χ3n) is 5.26. The first-order valence-electron chi connectivity index (χ1n) is 11.0. The molecule has 0 fully saturated rings. The molecule has 3 aromatic rings. The summed E-state index contributed by atoms with van der Waals surface area (Å²) in [5, 5.41) is 3.95. The Balaban J connectivity index is 1.65. The molecule has 1 N–H and O–H groups in total. The first kappa shape index (κ1) is 26.1. The van der Waals surface area contributed by atoms with Crippen LogP contribution in [0.25, 0.3) is 0 Å². The first-order chi connectivity index (χ1) is 17.4. The molecule has 9 nitrogen and oxygen atoms in total. The number of hydrogen-bond acceptors (Lipinski definition) is 8. The van der Waals surface area contributed by atoms with Gasteiger partial charge in [-0.05, 0) is 61.4 Å². The van der Waals surface area contributed by atoms with Crippen molar-refractivity contribution in [1.29, 1.82) is 0 Å². The van der Waals surface area contributed by atoms with Gasteiger partial charge in [-0.15, -0.1) is 0 Å². The Morgan fingerprint density at radius 1 is 0.861 bits per heavy atom. The van der Waals surface area contributed by atoms with E-state index in [9.17, 15) is 9.59 Å². The van der Waals surface area contributed by atoms with Gasteiger partial charge in [-0.1, -0.05) is 18.2 Å². The molecule has 0 unspecified atom stereocenters. The van der Waals surface area contributed by atoms with Crippen molar-refractivity contribution in [2.75, 3.05) is 27.9 Å². The third kappa shape index (κ3) is 6.53. The number of para-hydroxylation sites is 1. The molecule has 0 saturated carbocycles. The van der Waals surface area contributed by atoms with Crippen LogP contribution in [0, 0.1) is 13.8 Å². The molecule has 3 rings (SSSR count). The SMILES string of the molecule is COc1cc(C(=O)Oc2ccccc2/C=N/NC(=O)COc2ccc(C)c(C)c2)cc(OC)c1OC. The molecule has 0 saturated heterocycles. The number of carbonyl (C=O) groups excluding carboxylic acids is 2. The Morgan fingerprint density at radius 3 is 2.19 bits per heavy atom. The number of ether oxygens (including phenoxy) is 5. The highest BCUT2D eigenvalue weighted by Gasteiger charge is 2.19. The lowest BCUT2D eigenvalue weighted by Crippen LogP contribution is -2.24. The van der Waals surface area contributed by atoms with Gasteiger partial charge >= 0.3 is 5.97 Å². The van der Waals surface area contributed by atoms with Crippen LogP contribution in [-0.2, 0) is 4.79 Å². The number of hydrogen-bond donors (Lipinski definition) is 1. The van der Waals surface area contributed by atoms with Crippen molar-refractivity contribution in [3.8, 4) is 28.7 Å². The van der Waals surface area contributed by atoms with E-state index in [1.807, 2.05) is 26.0 Å². The molecule has 0 heterocycles. The number of esters is 1. The maximum atomic E-state index is 12.8. The van der Waals surface area contributed by atoms with Crippen LogP contribution in [0.1, 0.15) is 27.0 Å². The van der Waals surface area contributed by atoms with Crippen LogP contribution in [0.3, 0.4) is 0 Å². The minimum atomic E-state index is -0.638. The largest absolute Gasteiger partial charge is 0.493 e. The lowest BCUT2D eigenvalue weighted by Gasteiger charge is -2.14. The molecule has 36 heavy (non-hydrogen) atoms. The van der Waals surface area contributed by atoms with Crippen LogP contribution in [-0.4, -0.2) is 46.0 Å². The van der Waals surface area contributed by atoms with E-state index in [4.69, 9.17) is 23.7 Å². The van der Waals surface area contributed by atoms with Crippen molar-refractivity contribution < 1.29 is 33.3 Å². The minimum absolute atomic E-state index is 0.197. The molecule has 0 atom stereocenters. The van der Waals surface area contributed by atoms with Gasteiger partial charge in [-0.2, -0.15) is 5.10 Å². The normalized spacial score (nSPS) is 10.6.